The first-order valence-corrected chi connectivity index (χ1v) is 7.48. The van der Waals surface area contributed by atoms with E-state index < -0.39 is 9.84 Å². The van der Waals surface area contributed by atoms with Crippen molar-refractivity contribution in [3.05, 3.63) is 41.0 Å². The molecule has 0 unspecified atom stereocenters. The van der Waals surface area contributed by atoms with Crippen LogP contribution in [-0.4, -0.2) is 15.0 Å². The number of hydrogen-bond acceptors (Lipinski definition) is 4. The van der Waals surface area contributed by atoms with Crippen LogP contribution in [0.3, 0.4) is 0 Å². The maximum absolute atomic E-state index is 12.2. The second-order valence-corrected chi connectivity index (χ2v) is 6.19. The van der Waals surface area contributed by atoms with Gasteiger partial charge in [-0.2, -0.15) is 5.26 Å². The van der Waals surface area contributed by atoms with Crippen LogP contribution in [0.4, 0.5) is 0 Å². The molecule has 5 heteroatoms. The minimum atomic E-state index is -3.79. The number of sulfone groups is 1. The maximum Gasteiger partial charge on any atom is 0.219 e. The summed E-state index contributed by atoms with van der Waals surface area (Å²) in [6.07, 6.45) is 0.992. The number of nitriles is 1. The molecular formula is C14H17NO3S. The largest absolute Gasteiger partial charge is 0.499 e. The third-order valence-corrected chi connectivity index (χ3v) is 4.27. The summed E-state index contributed by atoms with van der Waals surface area (Å²) < 4.78 is 29.3. The van der Waals surface area contributed by atoms with Crippen LogP contribution in [0.25, 0.3) is 0 Å². The number of ether oxygens (including phenoxy) is 1. The van der Waals surface area contributed by atoms with Gasteiger partial charge in [-0.1, -0.05) is 26.0 Å². The van der Waals surface area contributed by atoms with Gasteiger partial charge in [0.25, 0.3) is 0 Å². The number of nitrogens with zero attached hydrogens (tertiary/aromatic N) is 1. The Morgan fingerprint density at radius 3 is 2.37 bits per heavy atom. The van der Waals surface area contributed by atoms with Crippen molar-refractivity contribution in [1.82, 2.24) is 0 Å². The predicted octanol–water partition coefficient (Wildman–Crippen LogP) is 2.99. The molecule has 1 rings (SSSR count). The summed E-state index contributed by atoms with van der Waals surface area (Å²) in [4.78, 5) is -0.281. The normalized spacial score (nSPS) is 12.3. The Morgan fingerprint density at radius 1 is 1.37 bits per heavy atom. The predicted molar refractivity (Wildman–Crippen MR) is 73.0 cm³/mol. The lowest BCUT2D eigenvalue weighted by Crippen LogP contribution is -2.04. The second kappa shape index (κ2) is 6.39. The van der Waals surface area contributed by atoms with E-state index in [9.17, 15) is 8.42 Å². The van der Waals surface area contributed by atoms with Crippen molar-refractivity contribution in [3.8, 4) is 6.07 Å². The lowest BCUT2D eigenvalue weighted by Gasteiger charge is -2.07. The van der Waals surface area contributed by atoms with Crippen LogP contribution in [0.15, 0.2) is 40.3 Å². The molecule has 0 heterocycles. The highest BCUT2D eigenvalue weighted by atomic mass is 32.2. The van der Waals surface area contributed by atoms with Gasteiger partial charge in [-0.15, -0.1) is 0 Å². The van der Waals surface area contributed by atoms with E-state index in [0.717, 1.165) is 11.8 Å². The average molecular weight is 279 g/mol. The molecule has 0 saturated heterocycles. The van der Waals surface area contributed by atoms with Crippen molar-refractivity contribution in [3.63, 3.8) is 0 Å². The summed E-state index contributed by atoms with van der Waals surface area (Å²) in [5, 5.41) is 8.91. The summed E-state index contributed by atoms with van der Waals surface area (Å²) in [6, 6.07) is 8.21. The van der Waals surface area contributed by atoms with Crippen LogP contribution >= 0.6 is 0 Å². The second-order valence-electron chi connectivity index (χ2n) is 4.28. The third-order valence-electron chi connectivity index (χ3n) is 2.61. The van der Waals surface area contributed by atoms with E-state index in [4.69, 9.17) is 10.00 Å². The fraction of sp³-hybridized carbons (Fsp3) is 0.357. The van der Waals surface area contributed by atoms with Gasteiger partial charge in [0.15, 0.2) is 4.91 Å². The van der Waals surface area contributed by atoms with Crippen LogP contribution in [0.1, 0.15) is 32.3 Å². The highest BCUT2D eigenvalue weighted by Gasteiger charge is 2.21. The topological polar surface area (TPSA) is 67.2 Å². The monoisotopic (exact) mass is 279 g/mol. The molecular weight excluding hydrogens is 262 g/mol. The molecule has 1 aromatic rings. The SMILES string of the molecule is CCOC=C(C#N)S(=O)(=O)c1ccc(C(C)C)cc1. The quantitative estimate of drug-likeness (QED) is 0.614. The summed E-state index contributed by atoms with van der Waals surface area (Å²) in [6.45, 7) is 6.08. The van der Waals surface area contributed by atoms with E-state index in [1.165, 1.54) is 12.1 Å². The van der Waals surface area contributed by atoms with Gasteiger partial charge in [0.05, 0.1) is 11.5 Å². The van der Waals surface area contributed by atoms with Crippen LogP contribution in [0.5, 0.6) is 0 Å². The zero-order valence-electron chi connectivity index (χ0n) is 11.3. The van der Waals surface area contributed by atoms with Crippen molar-refractivity contribution in [2.45, 2.75) is 31.6 Å². The minimum absolute atomic E-state index is 0.101. The first-order chi connectivity index (χ1) is 8.93. The number of allylic oxidation sites excluding steroid dienone is 1. The van der Waals surface area contributed by atoms with Gasteiger partial charge in [0.1, 0.15) is 12.3 Å². The van der Waals surface area contributed by atoms with Crippen molar-refractivity contribution < 1.29 is 13.2 Å². The molecule has 0 aromatic heterocycles. The van der Waals surface area contributed by atoms with E-state index in [0.29, 0.717) is 12.5 Å². The van der Waals surface area contributed by atoms with Crippen molar-refractivity contribution in [1.29, 1.82) is 5.26 Å². The first kappa shape index (κ1) is 15.3. The molecule has 0 aliphatic carbocycles. The summed E-state index contributed by atoms with van der Waals surface area (Å²) in [7, 11) is -3.79. The van der Waals surface area contributed by atoms with Gasteiger partial charge in [0, 0.05) is 0 Å². The van der Waals surface area contributed by atoms with Crippen LogP contribution < -0.4 is 0 Å². The first-order valence-electron chi connectivity index (χ1n) is 6.00. The van der Waals surface area contributed by atoms with E-state index in [-0.39, 0.29) is 9.80 Å². The smallest absolute Gasteiger partial charge is 0.219 e. The molecule has 0 amide bonds. The van der Waals surface area contributed by atoms with E-state index >= 15 is 0 Å². The fourth-order valence-corrected chi connectivity index (χ4v) is 2.53. The number of benzene rings is 1. The van der Waals surface area contributed by atoms with Gasteiger partial charge >= 0.3 is 0 Å². The average Bonchev–Trinajstić information content (AvgIpc) is 2.39. The maximum atomic E-state index is 12.2. The van der Waals surface area contributed by atoms with E-state index in [2.05, 4.69) is 0 Å². The molecule has 0 aliphatic heterocycles. The lowest BCUT2D eigenvalue weighted by molar-refractivity contribution is 0.268. The molecule has 0 N–H and O–H groups in total. The summed E-state index contributed by atoms with van der Waals surface area (Å²) in [5.74, 6) is 0.325. The number of rotatable bonds is 5. The molecule has 0 spiro atoms. The Bertz CT molecular complexity index is 593. The Labute approximate surface area is 114 Å². The van der Waals surface area contributed by atoms with Gasteiger partial charge in [0.2, 0.25) is 9.84 Å². The van der Waals surface area contributed by atoms with Crippen molar-refractivity contribution >= 4 is 9.84 Å². The molecule has 0 radical (unpaired) electrons. The van der Waals surface area contributed by atoms with Gasteiger partial charge in [-0.05, 0) is 30.5 Å². The van der Waals surface area contributed by atoms with Gasteiger partial charge in [-0.3, -0.25) is 0 Å². The zero-order valence-corrected chi connectivity index (χ0v) is 12.1. The Balaban J connectivity index is 3.16. The molecule has 1 aromatic carbocycles. The summed E-state index contributed by atoms with van der Waals surface area (Å²) in [5.41, 5.74) is 1.05. The molecule has 0 bridgehead atoms. The van der Waals surface area contributed by atoms with Crippen LogP contribution in [0, 0.1) is 11.3 Å². The van der Waals surface area contributed by atoms with Crippen molar-refractivity contribution in [2.75, 3.05) is 6.61 Å². The van der Waals surface area contributed by atoms with Crippen LogP contribution in [-0.2, 0) is 14.6 Å². The standard InChI is InChI=1S/C14H17NO3S/c1-4-18-10-14(9-15)19(16,17)13-7-5-12(6-8-13)11(2)3/h5-8,10-11H,4H2,1-3H3. The zero-order chi connectivity index (χ0) is 14.5. The molecule has 102 valence electrons. The van der Waals surface area contributed by atoms with Gasteiger partial charge < -0.3 is 4.74 Å². The highest BCUT2D eigenvalue weighted by molar-refractivity contribution is 7.95. The lowest BCUT2D eigenvalue weighted by atomic mass is 10.0. The molecule has 4 nitrogen and oxygen atoms in total. The molecule has 0 aliphatic rings. The molecule has 0 fully saturated rings. The third kappa shape index (κ3) is 3.58. The highest BCUT2D eigenvalue weighted by Crippen LogP contribution is 2.22. The minimum Gasteiger partial charge on any atom is -0.499 e. The molecule has 0 atom stereocenters. The van der Waals surface area contributed by atoms with Crippen LogP contribution in [0.2, 0.25) is 0 Å². The molecule has 0 saturated carbocycles. The fourth-order valence-electron chi connectivity index (χ4n) is 1.47. The molecule has 19 heavy (non-hydrogen) atoms. The van der Waals surface area contributed by atoms with E-state index in [1.54, 1.807) is 25.1 Å². The summed E-state index contributed by atoms with van der Waals surface area (Å²) >= 11 is 0. The van der Waals surface area contributed by atoms with E-state index in [1.807, 2.05) is 13.8 Å². The number of hydrogen-bond donors (Lipinski definition) is 0. The Hall–Kier alpha value is -1.80. The van der Waals surface area contributed by atoms with Gasteiger partial charge in [-0.25, -0.2) is 8.42 Å². The van der Waals surface area contributed by atoms with Crippen molar-refractivity contribution in [2.24, 2.45) is 0 Å². The Kier molecular flexibility index (Phi) is 5.13. The Morgan fingerprint density at radius 2 is 1.95 bits per heavy atom.